The van der Waals surface area contributed by atoms with E-state index in [9.17, 15) is 5.11 Å². The van der Waals surface area contributed by atoms with Gasteiger partial charge in [-0.15, -0.1) is 0 Å². The molecule has 1 saturated carbocycles. The molecule has 1 aliphatic heterocycles. The van der Waals surface area contributed by atoms with E-state index in [4.69, 9.17) is 14.2 Å². The molecule has 3 rings (SSSR count). The lowest BCUT2D eigenvalue weighted by atomic mass is 9.89. The highest BCUT2D eigenvalue weighted by atomic mass is 16.6. The Kier molecular flexibility index (Phi) is 3.37. The van der Waals surface area contributed by atoms with Crippen LogP contribution in [-0.2, 0) is 4.74 Å². The molecule has 0 bridgehead atoms. The normalized spacial score (nSPS) is 22.2. The van der Waals surface area contributed by atoms with E-state index in [1.807, 2.05) is 18.2 Å². The number of benzene rings is 1. The maximum absolute atomic E-state index is 10.7. The van der Waals surface area contributed by atoms with E-state index in [0.29, 0.717) is 19.0 Å². The Bertz CT molecular complexity index is 451. The van der Waals surface area contributed by atoms with E-state index in [1.54, 1.807) is 7.11 Å². The summed E-state index contributed by atoms with van der Waals surface area (Å²) >= 11 is 0. The molecular formula is C15H20O4. The van der Waals surface area contributed by atoms with Gasteiger partial charge in [0.25, 0.3) is 0 Å². The van der Waals surface area contributed by atoms with Gasteiger partial charge in [-0.3, -0.25) is 0 Å². The van der Waals surface area contributed by atoms with Crippen LogP contribution in [0.1, 0.15) is 37.4 Å². The van der Waals surface area contributed by atoms with Crippen molar-refractivity contribution in [3.05, 3.63) is 23.8 Å². The summed E-state index contributed by atoms with van der Waals surface area (Å²) in [5.74, 6) is 1.46. The van der Waals surface area contributed by atoms with Crippen LogP contribution in [0.5, 0.6) is 11.5 Å². The van der Waals surface area contributed by atoms with E-state index in [-0.39, 0.29) is 0 Å². The van der Waals surface area contributed by atoms with Gasteiger partial charge in [0.1, 0.15) is 19.3 Å². The first-order valence-corrected chi connectivity index (χ1v) is 6.88. The van der Waals surface area contributed by atoms with E-state index in [1.165, 1.54) is 0 Å². The average Bonchev–Trinajstić information content (AvgIpc) is 2.96. The van der Waals surface area contributed by atoms with Gasteiger partial charge in [-0.1, -0.05) is 18.9 Å². The van der Waals surface area contributed by atoms with Crippen LogP contribution in [0.3, 0.4) is 0 Å². The lowest BCUT2D eigenvalue weighted by Gasteiger charge is -2.33. The fourth-order valence-electron chi connectivity index (χ4n) is 3.10. The number of rotatable bonds is 3. The van der Waals surface area contributed by atoms with Gasteiger partial charge in [0.05, 0.1) is 5.60 Å². The number of ether oxygens (including phenoxy) is 3. The topological polar surface area (TPSA) is 47.9 Å². The zero-order valence-electron chi connectivity index (χ0n) is 11.2. The number of aliphatic hydroxyl groups excluding tert-OH is 1. The summed E-state index contributed by atoms with van der Waals surface area (Å²) in [5.41, 5.74) is 0.400. The molecule has 1 N–H and O–H groups in total. The smallest absolute Gasteiger partial charge is 0.161 e. The van der Waals surface area contributed by atoms with Crippen LogP contribution in [0.2, 0.25) is 0 Å². The molecule has 0 radical (unpaired) electrons. The van der Waals surface area contributed by atoms with E-state index in [2.05, 4.69) is 0 Å². The summed E-state index contributed by atoms with van der Waals surface area (Å²) in [5, 5.41) is 10.7. The molecule has 104 valence electrons. The van der Waals surface area contributed by atoms with Gasteiger partial charge in [-0.25, -0.2) is 0 Å². The number of fused-ring (bicyclic) bond motifs is 1. The fourth-order valence-corrected chi connectivity index (χ4v) is 3.10. The summed E-state index contributed by atoms with van der Waals surface area (Å²) < 4.78 is 16.7. The number of aliphatic hydroxyl groups is 1. The minimum absolute atomic E-state index is 0.441. The van der Waals surface area contributed by atoms with Crippen molar-refractivity contribution in [1.82, 2.24) is 0 Å². The summed E-state index contributed by atoms with van der Waals surface area (Å²) in [6, 6.07) is 5.64. The Morgan fingerprint density at radius 3 is 2.53 bits per heavy atom. The fraction of sp³-hybridized carbons (Fsp3) is 0.600. The van der Waals surface area contributed by atoms with Crippen LogP contribution in [0, 0.1) is 0 Å². The maximum Gasteiger partial charge on any atom is 0.161 e. The first-order chi connectivity index (χ1) is 9.25. The predicted octanol–water partition coefficient (Wildman–Crippen LogP) is 2.45. The molecule has 1 fully saturated rings. The first-order valence-electron chi connectivity index (χ1n) is 6.88. The van der Waals surface area contributed by atoms with Gasteiger partial charge in [0.2, 0.25) is 0 Å². The highest BCUT2D eigenvalue weighted by Crippen LogP contribution is 2.44. The molecule has 1 unspecified atom stereocenters. The molecule has 0 saturated heterocycles. The molecule has 0 spiro atoms. The van der Waals surface area contributed by atoms with Crippen molar-refractivity contribution in [2.75, 3.05) is 20.3 Å². The molecule has 1 aromatic carbocycles. The van der Waals surface area contributed by atoms with E-state index >= 15 is 0 Å². The second-order valence-electron chi connectivity index (χ2n) is 5.28. The largest absolute Gasteiger partial charge is 0.486 e. The minimum Gasteiger partial charge on any atom is -0.486 e. The van der Waals surface area contributed by atoms with Crippen LogP contribution in [0.4, 0.5) is 0 Å². The van der Waals surface area contributed by atoms with Crippen molar-refractivity contribution in [2.45, 2.75) is 37.4 Å². The van der Waals surface area contributed by atoms with Crippen molar-refractivity contribution >= 4 is 0 Å². The van der Waals surface area contributed by atoms with Crippen molar-refractivity contribution < 1.29 is 19.3 Å². The SMILES string of the molecule is COC1(C(O)c2ccc3c(c2)OCCO3)CCCC1. The first kappa shape index (κ1) is 12.8. The highest BCUT2D eigenvalue weighted by Gasteiger charge is 2.41. The lowest BCUT2D eigenvalue weighted by molar-refractivity contribution is -0.100. The monoisotopic (exact) mass is 264 g/mol. The van der Waals surface area contributed by atoms with E-state index in [0.717, 1.165) is 37.0 Å². The standard InChI is InChI=1S/C15H20O4/c1-17-15(6-2-3-7-15)14(16)11-4-5-12-13(10-11)19-9-8-18-12/h4-5,10,14,16H,2-3,6-9H2,1H3. The molecule has 1 heterocycles. The Morgan fingerprint density at radius 1 is 1.16 bits per heavy atom. The minimum atomic E-state index is -0.615. The third-order valence-corrected chi connectivity index (χ3v) is 4.24. The molecule has 1 aliphatic carbocycles. The summed E-state index contributed by atoms with van der Waals surface area (Å²) in [4.78, 5) is 0. The predicted molar refractivity (Wildman–Crippen MR) is 70.6 cm³/mol. The Hall–Kier alpha value is -1.26. The third kappa shape index (κ3) is 2.19. The molecule has 1 atom stereocenters. The molecule has 1 aromatic rings. The van der Waals surface area contributed by atoms with Gasteiger partial charge in [0, 0.05) is 7.11 Å². The summed E-state index contributed by atoms with van der Waals surface area (Å²) in [6.45, 7) is 1.14. The van der Waals surface area contributed by atoms with Crippen molar-refractivity contribution in [2.24, 2.45) is 0 Å². The Labute approximate surface area is 113 Å². The average molecular weight is 264 g/mol. The number of methoxy groups -OCH3 is 1. The third-order valence-electron chi connectivity index (χ3n) is 4.24. The molecule has 0 amide bonds. The quantitative estimate of drug-likeness (QED) is 0.911. The van der Waals surface area contributed by atoms with Gasteiger partial charge in [0.15, 0.2) is 11.5 Å². The molecule has 4 nitrogen and oxygen atoms in total. The van der Waals surface area contributed by atoms with Crippen LogP contribution in [0.25, 0.3) is 0 Å². The van der Waals surface area contributed by atoms with Gasteiger partial charge < -0.3 is 19.3 Å². The summed E-state index contributed by atoms with van der Waals surface area (Å²) in [7, 11) is 1.69. The Balaban J connectivity index is 1.88. The van der Waals surface area contributed by atoms with Crippen LogP contribution >= 0.6 is 0 Å². The van der Waals surface area contributed by atoms with Crippen molar-refractivity contribution in [1.29, 1.82) is 0 Å². The second kappa shape index (κ2) is 5.02. The van der Waals surface area contributed by atoms with Crippen LogP contribution in [0.15, 0.2) is 18.2 Å². The van der Waals surface area contributed by atoms with E-state index < -0.39 is 11.7 Å². The van der Waals surface area contributed by atoms with Crippen LogP contribution in [-0.4, -0.2) is 31.0 Å². The molecule has 4 heteroatoms. The number of hydrogen-bond donors (Lipinski definition) is 1. The molecule has 2 aliphatic rings. The zero-order valence-corrected chi connectivity index (χ0v) is 11.2. The van der Waals surface area contributed by atoms with Gasteiger partial charge >= 0.3 is 0 Å². The lowest BCUT2D eigenvalue weighted by Crippen LogP contribution is -2.35. The zero-order chi connectivity index (χ0) is 13.3. The van der Waals surface area contributed by atoms with Crippen LogP contribution < -0.4 is 9.47 Å². The molecular weight excluding hydrogens is 244 g/mol. The highest BCUT2D eigenvalue weighted by molar-refractivity contribution is 5.44. The number of hydrogen-bond acceptors (Lipinski definition) is 4. The summed E-state index contributed by atoms with van der Waals surface area (Å²) in [6.07, 6.45) is 3.40. The van der Waals surface area contributed by atoms with Gasteiger partial charge in [-0.05, 0) is 30.5 Å². The second-order valence-corrected chi connectivity index (χ2v) is 5.28. The molecule has 19 heavy (non-hydrogen) atoms. The van der Waals surface area contributed by atoms with Crippen molar-refractivity contribution in [3.8, 4) is 11.5 Å². The van der Waals surface area contributed by atoms with Gasteiger partial charge in [-0.2, -0.15) is 0 Å². The van der Waals surface area contributed by atoms with Crippen molar-refractivity contribution in [3.63, 3.8) is 0 Å². The molecule has 0 aromatic heterocycles. The Morgan fingerprint density at radius 2 is 1.84 bits per heavy atom. The maximum atomic E-state index is 10.7.